The molecule has 1 N–H and O–H groups in total. The second-order valence-electron chi connectivity index (χ2n) is 3.20. The number of allylic oxidation sites excluding steroid dienone is 1. The van der Waals surface area contributed by atoms with E-state index < -0.39 is 0 Å². The molecule has 10 heavy (non-hydrogen) atoms. The molecule has 0 aromatic carbocycles. The molecule has 0 aromatic heterocycles. The summed E-state index contributed by atoms with van der Waals surface area (Å²) in [6.07, 6.45) is 6.89. The van der Waals surface area contributed by atoms with Crippen molar-refractivity contribution in [2.75, 3.05) is 6.61 Å². The third-order valence-corrected chi connectivity index (χ3v) is 2.48. The van der Waals surface area contributed by atoms with Gasteiger partial charge in [-0.15, -0.1) is 6.58 Å². The summed E-state index contributed by atoms with van der Waals surface area (Å²) >= 11 is 0. The van der Waals surface area contributed by atoms with E-state index in [0.717, 1.165) is 5.92 Å². The van der Waals surface area contributed by atoms with Gasteiger partial charge >= 0.3 is 0 Å². The molecule has 1 nitrogen and oxygen atoms in total. The van der Waals surface area contributed by atoms with E-state index in [1.165, 1.54) is 25.7 Å². The standard InChI is InChI=1S/C9H16O/c1-2-8-3-5-9(7-10)6-4-8/h2,8-10H,1,3-7H2/t8-,9+. The molecule has 0 radical (unpaired) electrons. The first-order valence-corrected chi connectivity index (χ1v) is 4.10. The smallest absolute Gasteiger partial charge is 0.0459 e. The predicted molar refractivity (Wildman–Crippen MR) is 42.7 cm³/mol. The predicted octanol–water partition coefficient (Wildman–Crippen LogP) is 1.97. The molecule has 1 fully saturated rings. The monoisotopic (exact) mass is 140 g/mol. The summed E-state index contributed by atoms with van der Waals surface area (Å²) in [6, 6.07) is 0. The second kappa shape index (κ2) is 3.77. The van der Waals surface area contributed by atoms with E-state index in [4.69, 9.17) is 5.11 Å². The molecule has 1 aliphatic carbocycles. The Morgan fingerprint density at radius 2 is 1.90 bits per heavy atom. The van der Waals surface area contributed by atoms with E-state index in [1.807, 2.05) is 6.08 Å². The van der Waals surface area contributed by atoms with Crippen LogP contribution in [-0.4, -0.2) is 11.7 Å². The topological polar surface area (TPSA) is 20.2 Å². The molecule has 58 valence electrons. The van der Waals surface area contributed by atoms with Crippen molar-refractivity contribution in [3.05, 3.63) is 12.7 Å². The highest BCUT2D eigenvalue weighted by Crippen LogP contribution is 2.28. The van der Waals surface area contributed by atoms with E-state index in [1.54, 1.807) is 0 Å². The molecule has 0 heterocycles. The lowest BCUT2D eigenvalue weighted by atomic mass is 9.83. The van der Waals surface area contributed by atoms with Crippen molar-refractivity contribution < 1.29 is 5.11 Å². The SMILES string of the molecule is C=C[C@H]1CC[C@@H](CO)CC1. The maximum Gasteiger partial charge on any atom is 0.0459 e. The van der Waals surface area contributed by atoms with Crippen molar-refractivity contribution in [1.29, 1.82) is 0 Å². The van der Waals surface area contributed by atoms with Crippen molar-refractivity contribution in [1.82, 2.24) is 0 Å². The van der Waals surface area contributed by atoms with Gasteiger partial charge in [0, 0.05) is 6.61 Å². The van der Waals surface area contributed by atoms with Crippen molar-refractivity contribution >= 4 is 0 Å². The number of aliphatic hydroxyl groups is 1. The van der Waals surface area contributed by atoms with Gasteiger partial charge in [-0.3, -0.25) is 0 Å². The molecule has 0 amide bonds. The molecule has 1 heteroatoms. The molecular weight excluding hydrogens is 124 g/mol. The Morgan fingerprint density at radius 3 is 2.30 bits per heavy atom. The molecule has 1 saturated carbocycles. The van der Waals surface area contributed by atoms with Gasteiger partial charge in [0.1, 0.15) is 0 Å². The van der Waals surface area contributed by atoms with Gasteiger partial charge in [0.2, 0.25) is 0 Å². The van der Waals surface area contributed by atoms with Gasteiger partial charge in [-0.25, -0.2) is 0 Å². The van der Waals surface area contributed by atoms with E-state index in [0.29, 0.717) is 12.5 Å². The minimum Gasteiger partial charge on any atom is -0.396 e. The van der Waals surface area contributed by atoms with Crippen LogP contribution in [0.25, 0.3) is 0 Å². The highest BCUT2D eigenvalue weighted by molar-refractivity contribution is 4.83. The van der Waals surface area contributed by atoms with Gasteiger partial charge in [-0.1, -0.05) is 6.08 Å². The van der Waals surface area contributed by atoms with E-state index >= 15 is 0 Å². The lowest BCUT2D eigenvalue weighted by Gasteiger charge is -2.24. The van der Waals surface area contributed by atoms with Crippen LogP contribution in [0.1, 0.15) is 25.7 Å². The summed E-state index contributed by atoms with van der Waals surface area (Å²) in [5.41, 5.74) is 0. The van der Waals surface area contributed by atoms with Gasteiger partial charge in [-0.2, -0.15) is 0 Å². The van der Waals surface area contributed by atoms with Crippen molar-refractivity contribution in [2.45, 2.75) is 25.7 Å². The number of aliphatic hydroxyl groups excluding tert-OH is 1. The van der Waals surface area contributed by atoms with Gasteiger partial charge in [0.05, 0.1) is 0 Å². The fraction of sp³-hybridized carbons (Fsp3) is 0.778. The van der Waals surface area contributed by atoms with Gasteiger partial charge in [-0.05, 0) is 37.5 Å². The Bertz CT molecular complexity index is 101. The lowest BCUT2D eigenvalue weighted by molar-refractivity contribution is 0.178. The molecule has 0 aromatic rings. The van der Waals surface area contributed by atoms with Crippen molar-refractivity contribution in [3.8, 4) is 0 Å². The summed E-state index contributed by atoms with van der Waals surface area (Å²) in [5, 5.41) is 8.82. The minimum absolute atomic E-state index is 0.379. The van der Waals surface area contributed by atoms with Crippen LogP contribution >= 0.6 is 0 Å². The largest absolute Gasteiger partial charge is 0.396 e. The van der Waals surface area contributed by atoms with Crippen LogP contribution in [0.15, 0.2) is 12.7 Å². The fourth-order valence-electron chi connectivity index (χ4n) is 1.61. The Morgan fingerprint density at radius 1 is 1.30 bits per heavy atom. The maximum absolute atomic E-state index is 8.82. The van der Waals surface area contributed by atoms with Gasteiger partial charge in [0.15, 0.2) is 0 Å². The first-order chi connectivity index (χ1) is 4.86. The van der Waals surface area contributed by atoms with Crippen molar-refractivity contribution in [2.24, 2.45) is 11.8 Å². The molecule has 1 aliphatic rings. The molecular formula is C9H16O. The van der Waals surface area contributed by atoms with Crippen LogP contribution in [0.3, 0.4) is 0 Å². The lowest BCUT2D eigenvalue weighted by Crippen LogP contribution is -2.15. The quantitative estimate of drug-likeness (QED) is 0.581. The van der Waals surface area contributed by atoms with Crippen LogP contribution in [0.4, 0.5) is 0 Å². The zero-order valence-corrected chi connectivity index (χ0v) is 6.42. The van der Waals surface area contributed by atoms with Crippen LogP contribution < -0.4 is 0 Å². The molecule has 0 aliphatic heterocycles. The maximum atomic E-state index is 8.82. The molecule has 1 rings (SSSR count). The Kier molecular flexibility index (Phi) is 2.94. The number of hydrogen-bond donors (Lipinski definition) is 1. The zero-order valence-electron chi connectivity index (χ0n) is 6.42. The van der Waals surface area contributed by atoms with Crippen LogP contribution in [0, 0.1) is 11.8 Å². The average molecular weight is 140 g/mol. The van der Waals surface area contributed by atoms with E-state index in [9.17, 15) is 0 Å². The van der Waals surface area contributed by atoms with Gasteiger partial charge < -0.3 is 5.11 Å². The Labute approximate surface area is 62.8 Å². The normalized spacial score (nSPS) is 33.7. The number of hydrogen-bond acceptors (Lipinski definition) is 1. The van der Waals surface area contributed by atoms with E-state index in [2.05, 4.69) is 6.58 Å². The fourth-order valence-corrected chi connectivity index (χ4v) is 1.61. The third-order valence-electron chi connectivity index (χ3n) is 2.48. The Hall–Kier alpha value is -0.300. The van der Waals surface area contributed by atoms with Crippen LogP contribution in [0.5, 0.6) is 0 Å². The summed E-state index contributed by atoms with van der Waals surface area (Å²) in [6.45, 7) is 4.15. The third kappa shape index (κ3) is 1.84. The molecule has 0 bridgehead atoms. The zero-order chi connectivity index (χ0) is 7.40. The minimum atomic E-state index is 0.379. The molecule has 0 spiro atoms. The van der Waals surface area contributed by atoms with Crippen LogP contribution in [-0.2, 0) is 0 Å². The van der Waals surface area contributed by atoms with E-state index in [-0.39, 0.29) is 0 Å². The summed E-state index contributed by atoms with van der Waals surface area (Å²) in [5.74, 6) is 1.30. The molecule has 0 saturated heterocycles. The average Bonchev–Trinajstić information content (AvgIpc) is 2.05. The summed E-state index contributed by atoms with van der Waals surface area (Å²) in [4.78, 5) is 0. The number of rotatable bonds is 2. The first-order valence-electron chi connectivity index (χ1n) is 4.10. The Balaban J connectivity index is 2.23. The van der Waals surface area contributed by atoms with Gasteiger partial charge in [0.25, 0.3) is 0 Å². The highest BCUT2D eigenvalue weighted by Gasteiger charge is 2.17. The molecule has 0 atom stereocenters. The first kappa shape index (κ1) is 7.80. The summed E-state index contributed by atoms with van der Waals surface area (Å²) in [7, 11) is 0. The second-order valence-corrected chi connectivity index (χ2v) is 3.20. The van der Waals surface area contributed by atoms with Crippen molar-refractivity contribution in [3.63, 3.8) is 0 Å². The van der Waals surface area contributed by atoms with Crippen LogP contribution in [0.2, 0.25) is 0 Å². The molecule has 0 unspecified atom stereocenters. The summed E-state index contributed by atoms with van der Waals surface area (Å²) < 4.78 is 0. The highest BCUT2D eigenvalue weighted by atomic mass is 16.3.